The SMILES string of the molecule is CC(C)CNCc1nc(-c2cnn(C)c2)no1. The molecule has 0 spiro atoms. The van der Waals surface area contributed by atoms with Gasteiger partial charge in [-0.1, -0.05) is 19.0 Å². The molecule has 0 aromatic carbocycles. The molecule has 6 nitrogen and oxygen atoms in total. The molecule has 17 heavy (non-hydrogen) atoms. The lowest BCUT2D eigenvalue weighted by Gasteiger charge is -2.03. The molecule has 0 saturated heterocycles. The summed E-state index contributed by atoms with van der Waals surface area (Å²) in [4.78, 5) is 4.30. The Kier molecular flexibility index (Phi) is 3.53. The molecule has 0 radical (unpaired) electrons. The minimum absolute atomic E-state index is 0.583. The topological polar surface area (TPSA) is 68.8 Å². The van der Waals surface area contributed by atoms with Crippen LogP contribution in [0, 0.1) is 5.92 Å². The van der Waals surface area contributed by atoms with Gasteiger partial charge in [-0.05, 0) is 12.5 Å². The summed E-state index contributed by atoms with van der Waals surface area (Å²) in [5.41, 5.74) is 0.867. The van der Waals surface area contributed by atoms with Crippen LogP contribution in [0.2, 0.25) is 0 Å². The first-order chi connectivity index (χ1) is 8.15. The summed E-state index contributed by atoms with van der Waals surface area (Å²) in [6, 6.07) is 0. The van der Waals surface area contributed by atoms with Gasteiger partial charge in [0.2, 0.25) is 11.7 Å². The van der Waals surface area contributed by atoms with Crippen LogP contribution >= 0.6 is 0 Å². The van der Waals surface area contributed by atoms with E-state index in [-0.39, 0.29) is 0 Å². The molecule has 2 rings (SSSR count). The largest absolute Gasteiger partial charge is 0.338 e. The Morgan fingerprint density at radius 3 is 2.94 bits per heavy atom. The van der Waals surface area contributed by atoms with Gasteiger partial charge in [-0.3, -0.25) is 4.68 Å². The third-order valence-corrected chi connectivity index (χ3v) is 2.26. The summed E-state index contributed by atoms with van der Waals surface area (Å²) < 4.78 is 6.86. The van der Waals surface area contributed by atoms with Crippen molar-refractivity contribution < 1.29 is 4.52 Å². The molecule has 2 aromatic heterocycles. The third-order valence-electron chi connectivity index (χ3n) is 2.26. The Labute approximate surface area is 100 Å². The molecule has 0 aliphatic heterocycles. The summed E-state index contributed by atoms with van der Waals surface area (Å²) in [5.74, 6) is 1.79. The standard InChI is InChI=1S/C11H17N5O/c1-8(2)4-12-6-10-14-11(15-17-10)9-5-13-16(3)7-9/h5,7-8,12H,4,6H2,1-3H3. The Balaban J connectivity index is 1.96. The number of rotatable bonds is 5. The van der Waals surface area contributed by atoms with E-state index in [0.29, 0.717) is 24.2 Å². The van der Waals surface area contributed by atoms with E-state index in [0.717, 1.165) is 12.1 Å². The lowest BCUT2D eigenvalue weighted by atomic mass is 10.2. The van der Waals surface area contributed by atoms with Crippen molar-refractivity contribution in [1.82, 2.24) is 25.2 Å². The zero-order chi connectivity index (χ0) is 12.3. The van der Waals surface area contributed by atoms with Gasteiger partial charge in [0.15, 0.2) is 0 Å². The number of aryl methyl sites for hydroxylation is 1. The lowest BCUT2D eigenvalue weighted by Crippen LogP contribution is -2.19. The highest BCUT2D eigenvalue weighted by atomic mass is 16.5. The maximum absolute atomic E-state index is 5.15. The minimum atomic E-state index is 0.583. The molecule has 0 saturated carbocycles. The molecular formula is C11H17N5O. The average molecular weight is 235 g/mol. The minimum Gasteiger partial charge on any atom is -0.338 e. The first kappa shape index (κ1) is 11.8. The Bertz CT molecular complexity index is 474. The van der Waals surface area contributed by atoms with Crippen LogP contribution < -0.4 is 5.32 Å². The van der Waals surface area contributed by atoms with Crippen molar-refractivity contribution in [3.8, 4) is 11.4 Å². The van der Waals surface area contributed by atoms with Gasteiger partial charge in [-0.15, -0.1) is 0 Å². The van der Waals surface area contributed by atoms with Crippen LogP contribution in [0.3, 0.4) is 0 Å². The van der Waals surface area contributed by atoms with Crippen LogP contribution in [-0.2, 0) is 13.6 Å². The van der Waals surface area contributed by atoms with Gasteiger partial charge >= 0.3 is 0 Å². The van der Waals surface area contributed by atoms with Crippen LogP contribution in [0.4, 0.5) is 0 Å². The van der Waals surface area contributed by atoms with Crippen molar-refractivity contribution >= 4 is 0 Å². The van der Waals surface area contributed by atoms with E-state index in [1.807, 2.05) is 13.2 Å². The van der Waals surface area contributed by atoms with Crippen molar-refractivity contribution in [2.75, 3.05) is 6.54 Å². The Morgan fingerprint density at radius 2 is 2.29 bits per heavy atom. The van der Waals surface area contributed by atoms with Gasteiger partial charge < -0.3 is 9.84 Å². The maximum atomic E-state index is 5.15. The zero-order valence-electron chi connectivity index (χ0n) is 10.3. The van der Waals surface area contributed by atoms with E-state index < -0.39 is 0 Å². The number of nitrogens with one attached hydrogen (secondary N) is 1. The quantitative estimate of drug-likeness (QED) is 0.843. The number of aromatic nitrogens is 4. The van der Waals surface area contributed by atoms with Gasteiger partial charge in [0.25, 0.3) is 0 Å². The highest BCUT2D eigenvalue weighted by Gasteiger charge is 2.09. The molecular weight excluding hydrogens is 218 g/mol. The van der Waals surface area contributed by atoms with Crippen molar-refractivity contribution in [2.45, 2.75) is 20.4 Å². The van der Waals surface area contributed by atoms with Crippen molar-refractivity contribution in [3.05, 3.63) is 18.3 Å². The number of nitrogens with zero attached hydrogens (tertiary/aromatic N) is 4. The summed E-state index contributed by atoms with van der Waals surface area (Å²) >= 11 is 0. The predicted octanol–water partition coefficient (Wildman–Crippen LogP) is 1.22. The molecule has 0 aliphatic carbocycles. The molecule has 2 heterocycles. The van der Waals surface area contributed by atoms with Crippen LogP contribution in [0.1, 0.15) is 19.7 Å². The molecule has 6 heteroatoms. The van der Waals surface area contributed by atoms with Gasteiger partial charge in [0.05, 0.1) is 18.3 Å². The summed E-state index contributed by atoms with van der Waals surface area (Å²) in [6.45, 7) is 5.85. The molecule has 1 N–H and O–H groups in total. The van der Waals surface area contributed by atoms with Gasteiger partial charge in [0.1, 0.15) is 0 Å². The number of hydrogen-bond acceptors (Lipinski definition) is 5. The molecule has 0 atom stereocenters. The fourth-order valence-corrected chi connectivity index (χ4v) is 1.45. The lowest BCUT2D eigenvalue weighted by molar-refractivity contribution is 0.364. The fraction of sp³-hybridized carbons (Fsp3) is 0.545. The van der Waals surface area contributed by atoms with E-state index in [4.69, 9.17) is 4.52 Å². The summed E-state index contributed by atoms with van der Waals surface area (Å²) in [5, 5.41) is 11.2. The van der Waals surface area contributed by atoms with Gasteiger partial charge in [-0.2, -0.15) is 10.1 Å². The predicted molar refractivity (Wildman–Crippen MR) is 63.0 cm³/mol. The molecule has 0 unspecified atom stereocenters. The smallest absolute Gasteiger partial charge is 0.240 e. The maximum Gasteiger partial charge on any atom is 0.240 e. The van der Waals surface area contributed by atoms with E-state index in [1.54, 1.807) is 10.9 Å². The third kappa shape index (κ3) is 3.13. The Hall–Kier alpha value is -1.69. The van der Waals surface area contributed by atoms with E-state index in [2.05, 4.69) is 34.4 Å². The van der Waals surface area contributed by atoms with Crippen LogP contribution in [0.5, 0.6) is 0 Å². The highest BCUT2D eigenvalue weighted by molar-refractivity contribution is 5.50. The fourth-order valence-electron chi connectivity index (χ4n) is 1.45. The first-order valence-electron chi connectivity index (χ1n) is 5.67. The monoisotopic (exact) mass is 235 g/mol. The molecule has 0 amide bonds. The molecule has 92 valence electrons. The van der Waals surface area contributed by atoms with E-state index >= 15 is 0 Å². The van der Waals surface area contributed by atoms with E-state index in [1.165, 1.54) is 0 Å². The van der Waals surface area contributed by atoms with Crippen LogP contribution in [0.15, 0.2) is 16.9 Å². The van der Waals surface area contributed by atoms with Crippen molar-refractivity contribution in [3.63, 3.8) is 0 Å². The van der Waals surface area contributed by atoms with Crippen molar-refractivity contribution in [1.29, 1.82) is 0 Å². The molecule has 0 bridgehead atoms. The normalized spacial score (nSPS) is 11.3. The summed E-state index contributed by atoms with van der Waals surface area (Å²) in [7, 11) is 1.86. The molecule has 0 aliphatic rings. The molecule has 0 fully saturated rings. The zero-order valence-corrected chi connectivity index (χ0v) is 10.3. The second kappa shape index (κ2) is 5.09. The highest BCUT2D eigenvalue weighted by Crippen LogP contribution is 2.13. The summed E-state index contributed by atoms with van der Waals surface area (Å²) in [6.07, 6.45) is 3.58. The van der Waals surface area contributed by atoms with E-state index in [9.17, 15) is 0 Å². The van der Waals surface area contributed by atoms with Gasteiger partial charge in [0, 0.05) is 13.2 Å². The number of hydrogen-bond donors (Lipinski definition) is 1. The first-order valence-corrected chi connectivity index (χ1v) is 5.67. The van der Waals surface area contributed by atoms with Crippen LogP contribution in [0.25, 0.3) is 11.4 Å². The second-order valence-electron chi connectivity index (χ2n) is 4.44. The van der Waals surface area contributed by atoms with Gasteiger partial charge in [-0.25, -0.2) is 0 Å². The van der Waals surface area contributed by atoms with Crippen LogP contribution in [-0.4, -0.2) is 26.5 Å². The second-order valence-corrected chi connectivity index (χ2v) is 4.44. The Morgan fingerprint density at radius 1 is 1.47 bits per heavy atom. The average Bonchev–Trinajstić information content (AvgIpc) is 2.86. The van der Waals surface area contributed by atoms with Crippen molar-refractivity contribution in [2.24, 2.45) is 13.0 Å². The molecule has 2 aromatic rings.